The summed E-state index contributed by atoms with van der Waals surface area (Å²) in [6.45, 7) is 10.1. The van der Waals surface area contributed by atoms with Gasteiger partial charge in [-0.2, -0.15) is 0 Å². The highest BCUT2D eigenvalue weighted by Gasteiger charge is 2.44. The van der Waals surface area contributed by atoms with Crippen LogP contribution >= 0.6 is 0 Å². The zero-order valence-electron chi connectivity index (χ0n) is 21.5. The van der Waals surface area contributed by atoms with E-state index in [9.17, 15) is 14.4 Å². The van der Waals surface area contributed by atoms with Gasteiger partial charge in [-0.05, 0) is 68.6 Å². The van der Waals surface area contributed by atoms with Gasteiger partial charge in [-0.15, -0.1) is 0 Å². The van der Waals surface area contributed by atoms with Gasteiger partial charge in [0.1, 0.15) is 0 Å². The fourth-order valence-electron chi connectivity index (χ4n) is 6.69. The van der Waals surface area contributed by atoms with Crippen molar-refractivity contribution in [2.75, 3.05) is 32.8 Å². The van der Waals surface area contributed by atoms with E-state index >= 15 is 0 Å². The summed E-state index contributed by atoms with van der Waals surface area (Å²) in [5.41, 5.74) is 0. The van der Waals surface area contributed by atoms with Gasteiger partial charge in [-0.25, -0.2) is 0 Å². The van der Waals surface area contributed by atoms with Crippen molar-refractivity contribution < 1.29 is 19.1 Å². The molecule has 0 aromatic rings. The van der Waals surface area contributed by atoms with Crippen LogP contribution in [0.4, 0.5) is 0 Å². The SMILES string of the molecule is CC(C)[C@@H]1CC[C@@H](C)CC(=O)N2C[C@H]3C[C@@H](CN(C(=O)C4CCOCC4)C3)[C@@H]2CCCC(=O)N1. The van der Waals surface area contributed by atoms with Crippen LogP contribution in [0.1, 0.15) is 78.6 Å². The lowest BCUT2D eigenvalue weighted by Gasteiger charge is -2.51. The first kappa shape index (κ1) is 25.5. The van der Waals surface area contributed by atoms with Crippen molar-refractivity contribution in [1.82, 2.24) is 15.1 Å². The lowest BCUT2D eigenvalue weighted by molar-refractivity contribution is -0.149. The fraction of sp³-hybridized carbons (Fsp3) is 0.889. The Morgan fingerprint density at radius 1 is 1.03 bits per heavy atom. The zero-order valence-corrected chi connectivity index (χ0v) is 21.5. The highest BCUT2D eigenvalue weighted by molar-refractivity contribution is 5.80. The molecule has 4 aliphatic heterocycles. The summed E-state index contributed by atoms with van der Waals surface area (Å²) in [4.78, 5) is 43.7. The molecule has 2 bridgehead atoms. The molecule has 34 heavy (non-hydrogen) atoms. The maximum absolute atomic E-state index is 13.5. The van der Waals surface area contributed by atoms with E-state index in [0.29, 0.717) is 49.7 Å². The van der Waals surface area contributed by atoms with Gasteiger partial charge in [-0.3, -0.25) is 14.4 Å². The Balaban J connectivity index is 1.47. The molecule has 4 rings (SSSR count). The second-order valence-electron chi connectivity index (χ2n) is 11.8. The van der Waals surface area contributed by atoms with Gasteiger partial charge in [0.05, 0.1) is 0 Å². The average Bonchev–Trinajstić information content (AvgIpc) is 2.82. The number of hydrogen-bond acceptors (Lipinski definition) is 4. The van der Waals surface area contributed by atoms with Crippen molar-refractivity contribution in [1.29, 1.82) is 0 Å². The van der Waals surface area contributed by atoms with Gasteiger partial charge < -0.3 is 19.9 Å². The van der Waals surface area contributed by atoms with Crippen LogP contribution in [0.25, 0.3) is 0 Å². The summed E-state index contributed by atoms with van der Waals surface area (Å²) < 4.78 is 5.46. The van der Waals surface area contributed by atoms with Gasteiger partial charge in [0.2, 0.25) is 17.7 Å². The van der Waals surface area contributed by atoms with E-state index in [-0.39, 0.29) is 35.7 Å². The molecule has 1 N–H and O–H groups in total. The van der Waals surface area contributed by atoms with Crippen LogP contribution in [-0.4, -0.2) is 72.5 Å². The molecule has 4 saturated heterocycles. The van der Waals surface area contributed by atoms with E-state index in [2.05, 4.69) is 35.9 Å². The topological polar surface area (TPSA) is 79.0 Å². The minimum Gasteiger partial charge on any atom is -0.381 e. The third-order valence-electron chi connectivity index (χ3n) is 8.72. The van der Waals surface area contributed by atoms with E-state index in [1.165, 1.54) is 0 Å². The van der Waals surface area contributed by atoms with Crippen LogP contribution in [-0.2, 0) is 19.1 Å². The van der Waals surface area contributed by atoms with Crippen LogP contribution in [0, 0.1) is 29.6 Å². The maximum Gasteiger partial charge on any atom is 0.225 e. The molecule has 0 aromatic carbocycles. The minimum absolute atomic E-state index is 0.0869. The van der Waals surface area contributed by atoms with Crippen LogP contribution in [0.15, 0.2) is 0 Å². The second-order valence-corrected chi connectivity index (χ2v) is 11.8. The predicted molar refractivity (Wildman–Crippen MR) is 131 cm³/mol. The molecular weight excluding hydrogens is 430 g/mol. The zero-order chi connectivity index (χ0) is 24.2. The molecule has 0 aromatic heterocycles. The normalized spacial score (nSPS) is 34.5. The number of fused-ring (bicyclic) bond motifs is 4. The summed E-state index contributed by atoms with van der Waals surface area (Å²) in [7, 11) is 0. The molecule has 4 heterocycles. The minimum atomic E-state index is 0.0869. The molecule has 3 amide bonds. The number of nitrogens with zero attached hydrogens (tertiary/aromatic N) is 2. The highest BCUT2D eigenvalue weighted by atomic mass is 16.5. The number of likely N-dealkylation sites (tertiary alicyclic amines) is 1. The Kier molecular flexibility index (Phi) is 8.54. The Hall–Kier alpha value is -1.63. The Morgan fingerprint density at radius 2 is 1.79 bits per heavy atom. The molecule has 192 valence electrons. The quantitative estimate of drug-likeness (QED) is 0.665. The van der Waals surface area contributed by atoms with Gasteiger partial charge in [-0.1, -0.05) is 20.8 Å². The summed E-state index contributed by atoms with van der Waals surface area (Å²) in [6, 6.07) is 0.313. The smallest absolute Gasteiger partial charge is 0.225 e. The molecule has 5 atom stereocenters. The van der Waals surface area contributed by atoms with Crippen LogP contribution in [0.5, 0.6) is 0 Å². The fourth-order valence-corrected chi connectivity index (χ4v) is 6.69. The van der Waals surface area contributed by atoms with Crippen molar-refractivity contribution >= 4 is 17.7 Å². The van der Waals surface area contributed by atoms with E-state index in [4.69, 9.17) is 4.74 Å². The van der Waals surface area contributed by atoms with Gasteiger partial charge >= 0.3 is 0 Å². The number of carbonyl (C=O) groups excluding carboxylic acids is 3. The van der Waals surface area contributed by atoms with Crippen molar-refractivity contribution in [3.05, 3.63) is 0 Å². The molecule has 0 unspecified atom stereocenters. The molecule has 0 spiro atoms. The van der Waals surface area contributed by atoms with Crippen molar-refractivity contribution in [3.63, 3.8) is 0 Å². The first-order valence-electron chi connectivity index (χ1n) is 13.8. The van der Waals surface area contributed by atoms with E-state index < -0.39 is 0 Å². The largest absolute Gasteiger partial charge is 0.381 e. The summed E-state index contributed by atoms with van der Waals surface area (Å²) in [6.07, 6.45) is 7.34. The Labute approximate surface area is 205 Å². The van der Waals surface area contributed by atoms with Gasteiger partial charge in [0.15, 0.2) is 0 Å². The van der Waals surface area contributed by atoms with Crippen molar-refractivity contribution in [2.45, 2.75) is 90.6 Å². The third kappa shape index (κ3) is 6.13. The van der Waals surface area contributed by atoms with Gasteiger partial charge in [0.25, 0.3) is 0 Å². The van der Waals surface area contributed by atoms with Crippen LogP contribution in [0.2, 0.25) is 0 Å². The molecule has 7 heteroatoms. The lowest BCUT2D eigenvalue weighted by Crippen LogP contribution is -2.60. The molecule has 7 nitrogen and oxygen atoms in total. The number of carbonyl (C=O) groups is 3. The number of ether oxygens (including phenoxy) is 1. The third-order valence-corrected chi connectivity index (χ3v) is 8.72. The molecule has 0 aliphatic carbocycles. The number of nitrogens with one attached hydrogen (secondary N) is 1. The lowest BCUT2D eigenvalue weighted by atomic mass is 9.76. The average molecular weight is 476 g/mol. The Morgan fingerprint density at radius 3 is 2.53 bits per heavy atom. The molecular formula is C27H45N3O4. The number of hydrogen-bond donors (Lipinski definition) is 1. The molecule has 4 aliphatic rings. The number of rotatable bonds is 2. The van der Waals surface area contributed by atoms with Crippen LogP contribution < -0.4 is 5.32 Å². The highest BCUT2D eigenvalue weighted by Crippen LogP contribution is 2.37. The van der Waals surface area contributed by atoms with Crippen LogP contribution in [0.3, 0.4) is 0 Å². The first-order chi connectivity index (χ1) is 16.3. The number of piperidine rings is 2. The number of amides is 3. The summed E-state index contributed by atoms with van der Waals surface area (Å²) in [5, 5.41) is 3.26. The second kappa shape index (κ2) is 11.4. The van der Waals surface area contributed by atoms with E-state index in [0.717, 1.165) is 64.6 Å². The molecule has 4 fully saturated rings. The van der Waals surface area contributed by atoms with E-state index in [1.807, 2.05) is 0 Å². The predicted octanol–water partition coefficient (Wildman–Crippen LogP) is 3.22. The standard InChI is InChI=1S/C27H45N3O4/c1-18(2)23-8-7-19(3)13-26(32)30-16-20-14-22(24(30)5-4-6-25(31)28-23)17-29(15-20)27(33)21-9-11-34-12-10-21/h18-24H,4-17H2,1-3H3,(H,28,31)/t19-,20+,22+,23+,24+/m1/s1. The van der Waals surface area contributed by atoms with E-state index in [1.54, 1.807) is 0 Å². The Bertz CT molecular complexity index is 735. The molecule has 0 radical (unpaired) electrons. The monoisotopic (exact) mass is 475 g/mol. The van der Waals surface area contributed by atoms with Crippen molar-refractivity contribution in [2.24, 2.45) is 29.6 Å². The van der Waals surface area contributed by atoms with Gasteiger partial charge in [0, 0.05) is 63.7 Å². The first-order valence-corrected chi connectivity index (χ1v) is 13.8. The molecule has 0 saturated carbocycles. The summed E-state index contributed by atoms with van der Waals surface area (Å²) in [5.74, 6) is 2.16. The van der Waals surface area contributed by atoms with Crippen molar-refractivity contribution in [3.8, 4) is 0 Å². The summed E-state index contributed by atoms with van der Waals surface area (Å²) >= 11 is 0. The maximum atomic E-state index is 13.5.